The average Bonchev–Trinajstić information content (AvgIpc) is 3.42. The first kappa shape index (κ1) is 29.6. The number of para-hydroxylation sites is 1. The third-order valence-electron chi connectivity index (χ3n) is 7.25. The van der Waals surface area contributed by atoms with Crippen molar-refractivity contribution < 1.29 is 19.5 Å². The highest BCUT2D eigenvalue weighted by Gasteiger charge is 2.30. The van der Waals surface area contributed by atoms with Crippen molar-refractivity contribution in [2.45, 2.75) is 0 Å². The molecule has 0 unspecified atom stereocenters. The number of carbonyl (C=O) groups excluding carboxylic acids is 2. The third kappa shape index (κ3) is 6.04. The van der Waals surface area contributed by atoms with Gasteiger partial charge in [-0.3, -0.25) is 14.8 Å². The predicted octanol–water partition coefficient (Wildman–Crippen LogP) is 4.09. The highest BCUT2D eigenvalue weighted by Crippen LogP contribution is 2.38. The van der Waals surface area contributed by atoms with Crippen LogP contribution in [0.1, 0.15) is 20.8 Å². The number of ether oxygens (including phenoxy) is 1. The second-order valence-electron chi connectivity index (χ2n) is 9.76. The summed E-state index contributed by atoms with van der Waals surface area (Å²) in [6.07, 6.45) is 0. The van der Waals surface area contributed by atoms with Gasteiger partial charge in [-0.15, -0.1) is 5.10 Å². The number of rotatable bonds is 8. The van der Waals surface area contributed by atoms with Gasteiger partial charge in [0.05, 0.1) is 29.2 Å². The summed E-state index contributed by atoms with van der Waals surface area (Å²) < 4.78 is 6.92. The first-order chi connectivity index (χ1) is 20.7. The number of nitrogens with one attached hydrogen (secondary N) is 2. The van der Waals surface area contributed by atoms with Crippen molar-refractivity contribution >= 4 is 46.2 Å². The number of hydrogen-bond donors (Lipinski definition) is 3. The number of carbonyl (C=O) groups is 2. The minimum Gasteiger partial charge on any atom is -0.733 e. The number of piperazine rings is 1. The SMILES string of the molecule is CNc1ccc(C(=O)Nc2cc(N3CCN(C(=O)c4c(-c5ccccc5OC)nnn4C)CC3)c(Cl)cc2N([O-])O)cc1. The van der Waals surface area contributed by atoms with Gasteiger partial charge in [-0.2, -0.15) is 0 Å². The number of hydrogen-bond acceptors (Lipinski definition) is 10. The second kappa shape index (κ2) is 12.6. The Morgan fingerprint density at radius 3 is 2.42 bits per heavy atom. The molecule has 2 heterocycles. The number of aromatic nitrogens is 3. The molecule has 1 aliphatic rings. The molecule has 0 radical (unpaired) electrons. The molecular formula is C29H30ClN8O5-. The molecule has 0 spiro atoms. The Kier molecular flexibility index (Phi) is 8.66. The summed E-state index contributed by atoms with van der Waals surface area (Å²) in [7, 11) is 4.99. The van der Waals surface area contributed by atoms with Gasteiger partial charge in [-0.05, 0) is 48.5 Å². The number of halogens is 1. The van der Waals surface area contributed by atoms with Crippen LogP contribution in [0.5, 0.6) is 5.75 Å². The number of aryl methyl sites for hydroxylation is 1. The minimum absolute atomic E-state index is 0.0838. The topological polar surface area (TPSA) is 151 Å². The van der Waals surface area contributed by atoms with Gasteiger partial charge in [0.15, 0.2) is 5.69 Å². The predicted molar refractivity (Wildman–Crippen MR) is 164 cm³/mol. The number of anilines is 4. The lowest BCUT2D eigenvalue weighted by Gasteiger charge is -2.37. The van der Waals surface area contributed by atoms with Gasteiger partial charge >= 0.3 is 0 Å². The fourth-order valence-corrected chi connectivity index (χ4v) is 5.23. The van der Waals surface area contributed by atoms with E-state index in [0.29, 0.717) is 60.1 Å². The zero-order valence-electron chi connectivity index (χ0n) is 23.7. The van der Waals surface area contributed by atoms with Crippen molar-refractivity contribution in [1.82, 2.24) is 19.9 Å². The molecule has 1 saturated heterocycles. The number of nitrogens with zero attached hydrogens (tertiary/aromatic N) is 6. The van der Waals surface area contributed by atoms with Crippen LogP contribution in [0.15, 0.2) is 60.7 Å². The molecule has 4 aromatic rings. The molecule has 1 aliphatic heterocycles. The standard InChI is InChI=1S/C29H30ClN8O5/c1-31-19-10-8-18(9-11-19)28(39)32-22-17-23(21(30)16-24(22)38(41)42)36-12-14-37(15-13-36)29(40)27-26(33-34-35(27)2)20-6-4-5-7-25(20)43-3/h4-11,16-17,31,41H,12-15H2,1-3H3,(H,32,39)/q-1. The van der Waals surface area contributed by atoms with Crippen LogP contribution in [-0.2, 0) is 7.05 Å². The third-order valence-corrected chi connectivity index (χ3v) is 7.56. The van der Waals surface area contributed by atoms with Crippen LogP contribution in [0.2, 0.25) is 5.02 Å². The van der Waals surface area contributed by atoms with Gasteiger partial charge in [0, 0.05) is 57.1 Å². The van der Waals surface area contributed by atoms with E-state index in [-0.39, 0.29) is 27.5 Å². The molecule has 1 fully saturated rings. The minimum atomic E-state index is -0.468. The molecule has 224 valence electrons. The van der Waals surface area contributed by atoms with E-state index >= 15 is 0 Å². The van der Waals surface area contributed by atoms with E-state index in [1.54, 1.807) is 62.5 Å². The first-order valence-electron chi connectivity index (χ1n) is 13.4. The van der Waals surface area contributed by atoms with Crippen molar-refractivity contribution in [2.75, 3.05) is 61.1 Å². The van der Waals surface area contributed by atoms with E-state index in [1.807, 2.05) is 23.1 Å². The number of benzene rings is 3. The Bertz CT molecular complexity index is 1630. The summed E-state index contributed by atoms with van der Waals surface area (Å²) >= 11 is 6.53. The van der Waals surface area contributed by atoms with E-state index in [4.69, 9.17) is 16.3 Å². The molecule has 0 bridgehead atoms. The lowest BCUT2D eigenvalue weighted by molar-refractivity contribution is 0.0736. The first-order valence-corrected chi connectivity index (χ1v) is 13.8. The molecule has 13 nitrogen and oxygen atoms in total. The monoisotopic (exact) mass is 605 g/mol. The second-order valence-corrected chi connectivity index (χ2v) is 10.2. The van der Waals surface area contributed by atoms with Crippen molar-refractivity contribution in [2.24, 2.45) is 7.05 Å². The fourth-order valence-electron chi connectivity index (χ4n) is 4.95. The molecule has 2 amide bonds. The van der Waals surface area contributed by atoms with Crippen LogP contribution < -0.4 is 25.5 Å². The average molecular weight is 606 g/mol. The Morgan fingerprint density at radius 2 is 1.77 bits per heavy atom. The van der Waals surface area contributed by atoms with Gasteiger partial charge in [0.2, 0.25) is 0 Å². The van der Waals surface area contributed by atoms with Gasteiger partial charge in [-0.25, -0.2) is 4.68 Å². The quantitative estimate of drug-likeness (QED) is 0.250. The van der Waals surface area contributed by atoms with Crippen LogP contribution >= 0.6 is 11.6 Å². The van der Waals surface area contributed by atoms with Crippen LogP contribution in [0, 0.1) is 5.21 Å². The largest absolute Gasteiger partial charge is 0.733 e. The maximum Gasteiger partial charge on any atom is 0.274 e. The highest BCUT2D eigenvalue weighted by molar-refractivity contribution is 6.34. The highest BCUT2D eigenvalue weighted by atomic mass is 35.5. The van der Waals surface area contributed by atoms with Crippen LogP contribution in [0.3, 0.4) is 0 Å². The van der Waals surface area contributed by atoms with E-state index in [2.05, 4.69) is 20.9 Å². The maximum absolute atomic E-state index is 13.7. The molecule has 1 aromatic heterocycles. The van der Waals surface area contributed by atoms with Crippen LogP contribution in [-0.4, -0.2) is 77.3 Å². The summed E-state index contributed by atoms with van der Waals surface area (Å²) in [4.78, 5) is 30.3. The van der Waals surface area contributed by atoms with Crippen molar-refractivity contribution in [3.05, 3.63) is 82.2 Å². The molecular weight excluding hydrogens is 576 g/mol. The van der Waals surface area contributed by atoms with Crippen molar-refractivity contribution in [3.8, 4) is 17.0 Å². The maximum atomic E-state index is 13.7. The van der Waals surface area contributed by atoms with Crippen LogP contribution in [0.25, 0.3) is 11.3 Å². The lowest BCUT2D eigenvalue weighted by Crippen LogP contribution is -2.49. The summed E-state index contributed by atoms with van der Waals surface area (Å²) in [5.41, 5.74) is 3.04. The Morgan fingerprint density at radius 1 is 1.07 bits per heavy atom. The van der Waals surface area contributed by atoms with Crippen molar-refractivity contribution in [3.63, 3.8) is 0 Å². The van der Waals surface area contributed by atoms with Crippen molar-refractivity contribution in [1.29, 1.82) is 0 Å². The molecule has 3 aromatic carbocycles. The normalized spacial score (nSPS) is 13.1. The van der Waals surface area contributed by atoms with E-state index in [1.165, 1.54) is 10.7 Å². The fraction of sp³-hybridized carbons (Fsp3) is 0.241. The molecule has 3 N–H and O–H groups in total. The van der Waals surface area contributed by atoms with Crippen LogP contribution in [0.4, 0.5) is 22.7 Å². The molecule has 0 aliphatic carbocycles. The van der Waals surface area contributed by atoms with E-state index in [9.17, 15) is 20.0 Å². The Hall–Kier alpha value is -4.85. The van der Waals surface area contributed by atoms with Gasteiger partial charge in [-0.1, -0.05) is 28.9 Å². The summed E-state index contributed by atoms with van der Waals surface area (Å²) in [5, 5.41) is 35.5. The molecule has 0 saturated carbocycles. The molecule has 5 rings (SSSR count). The smallest absolute Gasteiger partial charge is 0.274 e. The zero-order valence-corrected chi connectivity index (χ0v) is 24.5. The zero-order chi connectivity index (χ0) is 30.7. The summed E-state index contributed by atoms with van der Waals surface area (Å²) in [6, 6.07) is 16.9. The van der Waals surface area contributed by atoms with E-state index in [0.717, 1.165) is 5.69 Å². The van der Waals surface area contributed by atoms with Gasteiger partial charge in [0.1, 0.15) is 11.4 Å². The number of amides is 2. The Labute approximate surface area is 252 Å². The van der Waals surface area contributed by atoms with Gasteiger partial charge in [0.25, 0.3) is 11.8 Å². The molecule has 14 heteroatoms. The van der Waals surface area contributed by atoms with E-state index < -0.39 is 5.91 Å². The summed E-state index contributed by atoms with van der Waals surface area (Å²) in [5.74, 6) is -0.114. The lowest BCUT2D eigenvalue weighted by atomic mass is 10.1. The Balaban J connectivity index is 1.34. The molecule has 43 heavy (non-hydrogen) atoms. The molecule has 0 atom stereocenters. The number of methoxy groups -OCH3 is 1. The van der Waals surface area contributed by atoms with Gasteiger partial charge < -0.3 is 35.6 Å². The summed E-state index contributed by atoms with van der Waals surface area (Å²) in [6.45, 7) is 1.56.